The topological polar surface area (TPSA) is 46.4 Å². The summed E-state index contributed by atoms with van der Waals surface area (Å²) in [5, 5.41) is 4.80. The summed E-state index contributed by atoms with van der Waals surface area (Å²) < 4.78 is 2.16. The highest BCUT2D eigenvalue weighted by atomic mass is 35.5. The molecule has 1 amide bonds. The number of hydrogen-bond acceptors (Lipinski definition) is 3. The molecule has 7 heteroatoms. The van der Waals surface area contributed by atoms with Crippen LogP contribution in [0.3, 0.4) is 0 Å². The summed E-state index contributed by atoms with van der Waals surface area (Å²) in [6.07, 6.45) is 1.91. The molecular weight excluding hydrogens is 449 g/mol. The molecule has 0 unspecified atom stereocenters. The van der Waals surface area contributed by atoms with Crippen molar-refractivity contribution in [3.63, 3.8) is 0 Å². The van der Waals surface area contributed by atoms with E-state index in [0.717, 1.165) is 44.5 Å². The number of aliphatic imine (C=N–C) groups is 1. The Balaban J connectivity index is 1.67. The molecule has 3 aromatic rings. The van der Waals surface area contributed by atoms with E-state index in [1.807, 2.05) is 64.1 Å². The summed E-state index contributed by atoms with van der Waals surface area (Å²) in [4.78, 5) is 17.8. The molecule has 4 rings (SSSR count). The predicted octanol–water partition coefficient (Wildman–Crippen LogP) is 6.91. The number of hydrogen-bond donors (Lipinski definition) is 1. The number of nitrogens with zero attached hydrogens (tertiary/aromatic N) is 2. The summed E-state index contributed by atoms with van der Waals surface area (Å²) in [5.74, 6) is -0.154. The van der Waals surface area contributed by atoms with Crippen LogP contribution in [0.5, 0.6) is 0 Å². The van der Waals surface area contributed by atoms with Crippen LogP contribution in [0.2, 0.25) is 10.0 Å². The lowest BCUT2D eigenvalue weighted by molar-refractivity contribution is -0.115. The summed E-state index contributed by atoms with van der Waals surface area (Å²) >= 11 is 13.7. The summed E-state index contributed by atoms with van der Waals surface area (Å²) in [5.41, 5.74) is 6.89. The highest BCUT2D eigenvalue weighted by molar-refractivity contribution is 8.18. The van der Waals surface area contributed by atoms with Gasteiger partial charge >= 0.3 is 0 Å². The molecule has 1 N–H and O–H groups in total. The minimum Gasteiger partial charge on any atom is -0.318 e. The van der Waals surface area contributed by atoms with E-state index in [0.29, 0.717) is 15.1 Å². The molecule has 0 bridgehead atoms. The van der Waals surface area contributed by atoms with Gasteiger partial charge in [0.25, 0.3) is 5.91 Å². The molecule has 1 aliphatic heterocycles. The van der Waals surface area contributed by atoms with Crippen LogP contribution < -0.4 is 5.32 Å². The zero-order valence-corrected chi connectivity index (χ0v) is 19.9. The maximum Gasteiger partial charge on any atom is 0.264 e. The molecule has 1 aliphatic rings. The van der Waals surface area contributed by atoms with Gasteiger partial charge in [-0.25, -0.2) is 4.99 Å². The largest absolute Gasteiger partial charge is 0.318 e. The van der Waals surface area contributed by atoms with Gasteiger partial charge in [-0.1, -0.05) is 29.3 Å². The second-order valence-electron chi connectivity index (χ2n) is 7.46. The second-order valence-corrected chi connectivity index (χ2v) is 9.33. The first-order valence-electron chi connectivity index (χ1n) is 9.75. The fourth-order valence-electron chi connectivity index (χ4n) is 3.62. The van der Waals surface area contributed by atoms with Crippen LogP contribution in [-0.4, -0.2) is 15.6 Å². The third kappa shape index (κ3) is 4.31. The molecule has 2 heterocycles. The van der Waals surface area contributed by atoms with Crippen molar-refractivity contribution in [2.75, 3.05) is 0 Å². The first-order valence-corrected chi connectivity index (χ1v) is 11.3. The smallest absolute Gasteiger partial charge is 0.264 e. The number of rotatable bonds is 3. The standard InChI is InChI=1S/C24H21Cl2N3OS/c1-13-10-18(25)8-9-20(13)27-24-28-23(30)22(31-24)12-17-11-14(2)29(16(17)4)21-7-5-6-19(26)15(21)3/h5-12H,1-4H3,(H,27,28,30)/b22-12-. The molecule has 0 radical (unpaired) electrons. The van der Waals surface area contributed by atoms with Gasteiger partial charge in [-0.15, -0.1) is 0 Å². The maximum absolute atomic E-state index is 12.6. The molecule has 0 saturated carbocycles. The summed E-state index contributed by atoms with van der Waals surface area (Å²) in [6.45, 7) is 8.04. The monoisotopic (exact) mass is 469 g/mol. The van der Waals surface area contributed by atoms with Crippen LogP contribution in [0.4, 0.5) is 5.69 Å². The van der Waals surface area contributed by atoms with E-state index in [1.165, 1.54) is 11.8 Å². The lowest BCUT2D eigenvalue weighted by Gasteiger charge is -2.13. The molecule has 4 nitrogen and oxygen atoms in total. The van der Waals surface area contributed by atoms with Crippen LogP contribution in [0.25, 0.3) is 11.8 Å². The van der Waals surface area contributed by atoms with Gasteiger partial charge in [0.15, 0.2) is 5.17 Å². The molecule has 2 aromatic carbocycles. The van der Waals surface area contributed by atoms with E-state index in [4.69, 9.17) is 23.2 Å². The minimum atomic E-state index is -0.154. The predicted molar refractivity (Wildman–Crippen MR) is 132 cm³/mol. The van der Waals surface area contributed by atoms with E-state index in [9.17, 15) is 4.79 Å². The van der Waals surface area contributed by atoms with E-state index in [-0.39, 0.29) is 5.91 Å². The fraction of sp³-hybridized carbons (Fsp3) is 0.167. The molecule has 158 valence electrons. The average molecular weight is 470 g/mol. The number of benzene rings is 2. The minimum absolute atomic E-state index is 0.154. The Morgan fingerprint density at radius 2 is 1.84 bits per heavy atom. The quantitative estimate of drug-likeness (QED) is 0.423. The third-order valence-electron chi connectivity index (χ3n) is 5.27. The van der Waals surface area contributed by atoms with Crippen LogP contribution in [0.15, 0.2) is 52.4 Å². The van der Waals surface area contributed by atoms with Gasteiger partial charge in [-0.3, -0.25) is 4.79 Å². The molecule has 0 aliphatic carbocycles. The number of amides is 1. The van der Waals surface area contributed by atoms with Crippen LogP contribution in [-0.2, 0) is 4.79 Å². The molecular formula is C24H21Cl2N3OS. The van der Waals surface area contributed by atoms with Crippen molar-refractivity contribution in [1.82, 2.24) is 9.88 Å². The number of aromatic nitrogens is 1. The van der Waals surface area contributed by atoms with Crippen molar-refractivity contribution in [2.45, 2.75) is 27.7 Å². The number of halogens is 2. The average Bonchev–Trinajstić information content (AvgIpc) is 3.19. The van der Waals surface area contributed by atoms with Gasteiger partial charge in [0.05, 0.1) is 10.6 Å². The van der Waals surface area contributed by atoms with Gasteiger partial charge in [0.2, 0.25) is 0 Å². The molecule has 1 fully saturated rings. The zero-order valence-electron chi connectivity index (χ0n) is 17.6. The highest BCUT2D eigenvalue weighted by Gasteiger charge is 2.25. The van der Waals surface area contributed by atoms with Crippen molar-refractivity contribution < 1.29 is 4.79 Å². The van der Waals surface area contributed by atoms with Crippen molar-refractivity contribution >= 4 is 57.8 Å². The zero-order chi connectivity index (χ0) is 22.3. The number of aryl methyl sites for hydroxylation is 2. The molecule has 31 heavy (non-hydrogen) atoms. The van der Waals surface area contributed by atoms with Crippen LogP contribution in [0.1, 0.15) is 28.1 Å². The Kier molecular flexibility index (Phi) is 6.02. The van der Waals surface area contributed by atoms with Crippen LogP contribution in [0, 0.1) is 27.7 Å². The Bertz CT molecular complexity index is 1270. The molecule has 1 saturated heterocycles. The van der Waals surface area contributed by atoms with Crippen LogP contribution >= 0.6 is 35.0 Å². The normalized spacial score (nSPS) is 16.4. The number of amidine groups is 1. The van der Waals surface area contributed by atoms with E-state index < -0.39 is 0 Å². The summed E-state index contributed by atoms with van der Waals surface area (Å²) in [7, 11) is 0. The molecule has 1 aromatic heterocycles. The van der Waals surface area contributed by atoms with Gasteiger partial charge in [-0.2, -0.15) is 0 Å². The maximum atomic E-state index is 12.6. The number of thioether (sulfide) groups is 1. The number of nitrogens with one attached hydrogen (secondary N) is 1. The van der Waals surface area contributed by atoms with Gasteiger partial charge in [-0.05, 0) is 98.6 Å². The third-order valence-corrected chi connectivity index (χ3v) is 6.82. The Morgan fingerprint density at radius 1 is 1.06 bits per heavy atom. The second kappa shape index (κ2) is 8.58. The van der Waals surface area contributed by atoms with Crippen molar-refractivity contribution in [3.05, 3.63) is 85.5 Å². The highest BCUT2D eigenvalue weighted by Crippen LogP contribution is 2.32. The fourth-order valence-corrected chi connectivity index (χ4v) is 4.84. The van der Waals surface area contributed by atoms with Gasteiger partial charge in [0, 0.05) is 27.1 Å². The van der Waals surface area contributed by atoms with Crippen molar-refractivity contribution in [3.8, 4) is 5.69 Å². The lowest BCUT2D eigenvalue weighted by Crippen LogP contribution is -2.19. The van der Waals surface area contributed by atoms with Crippen molar-refractivity contribution in [2.24, 2.45) is 4.99 Å². The van der Waals surface area contributed by atoms with E-state index in [1.54, 1.807) is 6.07 Å². The lowest BCUT2D eigenvalue weighted by atomic mass is 10.2. The number of carbonyl (C=O) groups excluding carboxylic acids is 1. The molecule has 0 spiro atoms. The van der Waals surface area contributed by atoms with Gasteiger partial charge in [0.1, 0.15) is 0 Å². The Hall–Kier alpha value is -2.47. The first kappa shape index (κ1) is 21.8. The van der Waals surface area contributed by atoms with Crippen molar-refractivity contribution in [1.29, 1.82) is 0 Å². The SMILES string of the molecule is Cc1cc(Cl)ccc1N=C1NC(=O)/C(=C/c2cc(C)n(-c3cccc(Cl)c3C)c2C)S1. The Morgan fingerprint density at radius 3 is 2.58 bits per heavy atom. The molecule has 0 atom stereocenters. The first-order chi connectivity index (χ1) is 14.7. The summed E-state index contributed by atoms with van der Waals surface area (Å²) in [6, 6.07) is 13.5. The number of carbonyl (C=O) groups is 1. The van der Waals surface area contributed by atoms with Gasteiger partial charge < -0.3 is 9.88 Å². The van der Waals surface area contributed by atoms with E-state index >= 15 is 0 Å². The Labute approximate surface area is 196 Å². The van der Waals surface area contributed by atoms with E-state index in [2.05, 4.69) is 20.9 Å².